The number of hydrogen-bond donors (Lipinski definition) is 0. The van der Waals surface area contributed by atoms with Crippen molar-refractivity contribution in [2.24, 2.45) is 0 Å². The Morgan fingerprint density at radius 3 is 2.93 bits per heavy atom. The van der Waals surface area contributed by atoms with Crippen molar-refractivity contribution in [2.45, 2.75) is 32.6 Å². The summed E-state index contributed by atoms with van der Waals surface area (Å²) < 4.78 is 0. The lowest BCUT2D eigenvalue weighted by atomic mass is 9.88. The zero-order valence-electron chi connectivity index (χ0n) is 9.09. The molecule has 1 heterocycles. The third-order valence-corrected chi connectivity index (χ3v) is 3.37. The number of nitrogens with zero attached hydrogens (tertiary/aromatic N) is 1. The van der Waals surface area contributed by atoms with Gasteiger partial charge in [-0.05, 0) is 55.2 Å². The summed E-state index contributed by atoms with van der Waals surface area (Å²) in [5.41, 5.74) is 4.20. The van der Waals surface area contributed by atoms with Crippen molar-refractivity contribution >= 4 is 10.8 Å². The predicted molar refractivity (Wildman–Crippen MR) is 63.1 cm³/mol. The Hall–Kier alpha value is -1.37. The first-order chi connectivity index (χ1) is 7.34. The Bertz CT molecular complexity index is 514. The molecule has 1 nitrogen and oxygen atoms in total. The normalized spacial score (nSPS) is 15.3. The van der Waals surface area contributed by atoms with Crippen molar-refractivity contribution in [3.8, 4) is 0 Å². The van der Waals surface area contributed by atoms with Gasteiger partial charge < -0.3 is 0 Å². The maximum Gasteiger partial charge on any atom is 0.0379 e. The molecule has 0 spiro atoms. The molecule has 1 heteroatoms. The molecule has 1 aromatic carbocycles. The van der Waals surface area contributed by atoms with Crippen molar-refractivity contribution in [1.82, 2.24) is 4.98 Å². The molecule has 0 unspecified atom stereocenters. The van der Waals surface area contributed by atoms with Crippen LogP contribution in [0.25, 0.3) is 10.8 Å². The molecule has 0 radical (unpaired) electrons. The number of rotatable bonds is 0. The van der Waals surface area contributed by atoms with E-state index in [0.717, 1.165) is 5.69 Å². The lowest BCUT2D eigenvalue weighted by Crippen LogP contribution is -2.03. The molecule has 0 aliphatic heterocycles. The summed E-state index contributed by atoms with van der Waals surface area (Å²) in [5, 5.41) is 2.72. The maximum atomic E-state index is 4.42. The van der Waals surface area contributed by atoms with Gasteiger partial charge in [0.1, 0.15) is 0 Å². The smallest absolute Gasteiger partial charge is 0.0379 e. The lowest BCUT2D eigenvalue weighted by molar-refractivity contribution is 0.690. The van der Waals surface area contributed by atoms with Crippen LogP contribution >= 0.6 is 0 Å². The van der Waals surface area contributed by atoms with Gasteiger partial charge in [0.2, 0.25) is 0 Å². The van der Waals surface area contributed by atoms with Crippen LogP contribution in [0.1, 0.15) is 29.7 Å². The summed E-state index contributed by atoms with van der Waals surface area (Å²) in [5.74, 6) is 0. The predicted octanol–water partition coefficient (Wildman–Crippen LogP) is 3.42. The van der Waals surface area contributed by atoms with Gasteiger partial charge >= 0.3 is 0 Å². The second kappa shape index (κ2) is 3.34. The van der Waals surface area contributed by atoms with E-state index in [1.54, 1.807) is 11.1 Å². The molecule has 0 saturated heterocycles. The molecular weight excluding hydrogens is 182 g/mol. The second-order valence-corrected chi connectivity index (χ2v) is 4.46. The van der Waals surface area contributed by atoms with Gasteiger partial charge in [0.15, 0.2) is 0 Å². The van der Waals surface area contributed by atoms with Crippen LogP contribution in [-0.2, 0) is 12.8 Å². The number of hydrogen-bond acceptors (Lipinski definition) is 1. The molecule has 0 fully saturated rings. The highest BCUT2D eigenvalue weighted by Gasteiger charge is 2.12. The maximum absolute atomic E-state index is 4.42. The van der Waals surface area contributed by atoms with Crippen LogP contribution in [0.15, 0.2) is 24.4 Å². The molecule has 15 heavy (non-hydrogen) atoms. The minimum atomic E-state index is 1.11. The molecular formula is C14H15N. The molecule has 1 aliphatic carbocycles. The summed E-state index contributed by atoms with van der Waals surface area (Å²) in [6, 6.07) is 6.73. The first-order valence-electron chi connectivity index (χ1n) is 5.72. The standard InChI is InChI=1S/C14H15N/c1-10-8-12-7-6-11-4-2-3-5-13(11)14(12)9-15-10/h6-9H,2-5H2,1H3. The molecule has 0 amide bonds. The van der Waals surface area contributed by atoms with Crippen LogP contribution in [0.3, 0.4) is 0 Å². The zero-order chi connectivity index (χ0) is 10.3. The third-order valence-electron chi connectivity index (χ3n) is 3.37. The molecule has 0 atom stereocenters. The van der Waals surface area contributed by atoms with E-state index in [4.69, 9.17) is 0 Å². The molecule has 1 aliphatic rings. The number of pyridine rings is 1. The Balaban J connectivity index is 2.32. The second-order valence-electron chi connectivity index (χ2n) is 4.46. The molecule has 1 aromatic heterocycles. The van der Waals surface area contributed by atoms with Crippen LogP contribution in [0.2, 0.25) is 0 Å². The van der Waals surface area contributed by atoms with Gasteiger partial charge in [-0.15, -0.1) is 0 Å². The third kappa shape index (κ3) is 1.43. The minimum absolute atomic E-state index is 1.11. The summed E-state index contributed by atoms with van der Waals surface area (Å²) in [6.45, 7) is 2.05. The van der Waals surface area contributed by atoms with E-state index in [0.29, 0.717) is 0 Å². The quantitative estimate of drug-likeness (QED) is 0.630. The first-order valence-corrected chi connectivity index (χ1v) is 5.72. The van der Waals surface area contributed by atoms with E-state index >= 15 is 0 Å². The van der Waals surface area contributed by atoms with Crippen LogP contribution < -0.4 is 0 Å². The van der Waals surface area contributed by atoms with Crippen molar-refractivity contribution < 1.29 is 0 Å². The largest absolute Gasteiger partial charge is 0.261 e. The molecule has 0 N–H and O–H groups in total. The van der Waals surface area contributed by atoms with Gasteiger partial charge in [0.25, 0.3) is 0 Å². The number of aromatic nitrogens is 1. The fraction of sp³-hybridized carbons (Fsp3) is 0.357. The van der Waals surface area contributed by atoms with E-state index in [9.17, 15) is 0 Å². The van der Waals surface area contributed by atoms with E-state index in [1.807, 2.05) is 0 Å². The lowest BCUT2D eigenvalue weighted by Gasteiger charge is -2.17. The van der Waals surface area contributed by atoms with Crippen LogP contribution in [0.5, 0.6) is 0 Å². The number of fused-ring (bicyclic) bond motifs is 3. The van der Waals surface area contributed by atoms with Gasteiger partial charge in [0, 0.05) is 17.3 Å². The molecule has 76 valence electrons. The summed E-state index contributed by atoms with van der Waals surface area (Å²) in [4.78, 5) is 4.42. The van der Waals surface area contributed by atoms with E-state index < -0.39 is 0 Å². The van der Waals surface area contributed by atoms with E-state index in [-0.39, 0.29) is 0 Å². The van der Waals surface area contributed by atoms with Gasteiger partial charge in [-0.25, -0.2) is 0 Å². The fourth-order valence-corrected chi connectivity index (χ4v) is 2.58. The highest BCUT2D eigenvalue weighted by molar-refractivity contribution is 5.86. The molecule has 0 saturated carbocycles. The molecule has 2 aromatic rings. The number of aryl methyl sites for hydroxylation is 3. The van der Waals surface area contributed by atoms with Crippen LogP contribution in [0, 0.1) is 6.92 Å². The Morgan fingerprint density at radius 1 is 1.13 bits per heavy atom. The number of benzene rings is 1. The zero-order valence-corrected chi connectivity index (χ0v) is 9.09. The van der Waals surface area contributed by atoms with Gasteiger partial charge in [-0.3, -0.25) is 4.98 Å². The molecule has 3 rings (SSSR count). The van der Waals surface area contributed by atoms with Crippen LogP contribution in [0.4, 0.5) is 0 Å². The Kier molecular flexibility index (Phi) is 1.98. The highest BCUT2D eigenvalue weighted by atomic mass is 14.7. The van der Waals surface area contributed by atoms with E-state index in [1.165, 1.54) is 36.5 Å². The van der Waals surface area contributed by atoms with Crippen molar-refractivity contribution in [3.63, 3.8) is 0 Å². The van der Waals surface area contributed by atoms with Gasteiger partial charge in [-0.2, -0.15) is 0 Å². The fourth-order valence-electron chi connectivity index (χ4n) is 2.58. The van der Waals surface area contributed by atoms with Gasteiger partial charge in [0.05, 0.1) is 0 Å². The first kappa shape index (κ1) is 8.90. The summed E-state index contributed by atoms with van der Waals surface area (Å²) >= 11 is 0. The highest BCUT2D eigenvalue weighted by Crippen LogP contribution is 2.28. The minimum Gasteiger partial charge on any atom is -0.261 e. The summed E-state index contributed by atoms with van der Waals surface area (Å²) in [7, 11) is 0. The summed E-state index contributed by atoms with van der Waals surface area (Å²) in [6.07, 6.45) is 7.21. The van der Waals surface area contributed by atoms with Crippen molar-refractivity contribution in [3.05, 3.63) is 41.2 Å². The average molecular weight is 197 g/mol. The topological polar surface area (TPSA) is 12.9 Å². The average Bonchev–Trinajstić information content (AvgIpc) is 2.28. The van der Waals surface area contributed by atoms with Crippen LogP contribution in [-0.4, -0.2) is 4.98 Å². The van der Waals surface area contributed by atoms with Crippen molar-refractivity contribution in [2.75, 3.05) is 0 Å². The Labute approximate surface area is 90.2 Å². The Morgan fingerprint density at radius 2 is 2.00 bits per heavy atom. The SMILES string of the molecule is Cc1cc2ccc3c(c2cn1)CCCC3. The van der Waals surface area contributed by atoms with E-state index in [2.05, 4.69) is 36.3 Å². The molecule has 0 bridgehead atoms. The van der Waals surface area contributed by atoms with Crippen molar-refractivity contribution in [1.29, 1.82) is 0 Å². The van der Waals surface area contributed by atoms with Gasteiger partial charge in [-0.1, -0.05) is 12.1 Å². The monoisotopic (exact) mass is 197 g/mol.